The zero-order chi connectivity index (χ0) is 22.8. The molecular formula is C27H34N4OS. The molecule has 0 spiro atoms. The summed E-state index contributed by atoms with van der Waals surface area (Å²) in [6, 6.07) is 8.85. The minimum absolute atomic E-state index is 0.0651. The molecule has 2 aromatic rings. The van der Waals surface area contributed by atoms with Gasteiger partial charge in [0.2, 0.25) is 0 Å². The molecule has 0 bridgehead atoms. The molecule has 174 valence electrons. The van der Waals surface area contributed by atoms with Crippen LogP contribution in [0, 0.1) is 11.8 Å². The Morgan fingerprint density at radius 3 is 2.55 bits per heavy atom. The number of carbonyl (C=O) groups excluding carboxylic acids is 1. The van der Waals surface area contributed by atoms with Gasteiger partial charge in [0.25, 0.3) is 0 Å². The highest BCUT2D eigenvalue weighted by Crippen LogP contribution is 2.37. The lowest BCUT2D eigenvalue weighted by Crippen LogP contribution is -2.27. The summed E-state index contributed by atoms with van der Waals surface area (Å²) in [4.78, 5) is 27.5. The second kappa shape index (κ2) is 9.96. The lowest BCUT2D eigenvalue weighted by atomic mass is 9.81. The van der Waals surface area contributed by atoms with Gasteiger partial charge in [-0.3, -0.25) is 9.79 Å². The molecule has 2 unspecified atom stereocenters. The first-order chi connectivity index (χ1) is 16.1. The minimum atomic E-state index is 0.0651. The van der Waals surface area contributed by atoms with E-state index in [-0.39, 0.29) is 17.0 Å². The molecule has 6 heteroatoms. The molecule has 0 saturated heterocycles. The first kappa shape index (κ1) is 22.6. The maximum absolute atomic E-state index is 13.4. The van der Waals surface area contributed by atoms with Gasteiger partial charge in [0, 0.05) is 17.2 Å². The third kappa shape index (κ3) is 5.01. The Morgan fingerprint density at radius 2 is 1.85 bits per heavy atom. The number of carbonyl (C=O) groups is 1. The Hall–Kier alpha value is -2.21. The van der Waals surface area contributed by atoms with Crippen LogP contribution in [0.1, 0.15) is 97.4 Å². The monoisotopic (exact) mass is 462 g/mol. The zero-order valence-corrected chi connectivity index (χ0v) is 20.5. The average molecular weight is 463 g/mol. The second-order valence-corrected chi connectivity index (χ2v) is 11.2. The van der Waals surface area contributed by atoms with Crippen LogP contribution >= 0.6 is 11.8 Å². The van der Waals surface area contributed by atoms with Gasteiger partial charge in [-0.1, -0.05) is 45.2 Å². The smallest absolute Gasteiger partial charge is 0.184 e. The summed E-state index contributed by atoms with van der Waals surface area (Å²) in [7, 11) is 0. The predicted octanol–water partition coefficient (Wildman–Crippen LogP) is 6.88. The number of rotatable bonds is 6. The van der Waals surface area contributed by atoms with E-state index in [2.05, 4.69) is 48.4 Å². The summed E-state index contributed by atoms with van der Waals surface area (Å²) in [6.45, 7) is 5.04. The molecule has 33 heavy (non-hydrogen) atoms. The van der Waals surface area contributed by atoms with E-state index in [0.717, 1.165) is 42.2 Å². The van der Waals surface area contributed by atoms with Crippen molar-refractivity contribution in [3.8, 4) is 0 Å². The number of anilines is 2. The number of hydrogen-bond acceptors (Lipinski definition) is 6. The number of hydrogen-bond donors (Lipinski definition) is 1. The predicted molar refractivity (Wildman–Crippen MR) is 137 cm³/mol. The fourth-order valence-corrected chi connectivity index (χ4v) is 6.20. The molecule has 2 atom stereocenters. The van der Waals surface area contributed by atoms with Crippen LogP contribution in [-0.2, 0) is 6.42 Å². The lowest BCUT2D eigenvalue weighted by Gasteiger charge is -2.26. The molecule has 5 rings (SSSR count). The van der Waals surface area contributed by atoms with Crippen molar-refractivity contribution in [2.75, 3.05) is 11.9 Å². The van der Waals surface area contributed by atoms with Crippen LogP contribution in [0.3, 0.4) is 0 Å². The topological polar surface area (TPSA) is 67.2 Å². The van der Waals surface area contributed by atoms with E-state index in [4.69, 9.17) is 9.97 Å². The van der Waals surface area contributed by atoms with Crippen molar-refractivity contribution >= 4 is 34.6 Å². The van der Waals surface area contributed by atoms with Crippen LogP contribution in [0.2, 0.25) is 0 Å². The molecule has 0 radical (unpaired) electrons. The molecule has 1 aromatic carbocycles. The van der Waals surface area contributed by atoms with Crippen LogP contribution in [0.25, 0.3) is 0 Å². The molecule has 1 N–H and O–H groups in total. The second-order valence-electron chi connectivity index (χ2n) is 10.2. The quantitative estimate of drug-likeness (QED) is 0.507. The van der Waals surface area contributed by atoms with Crippen molar-refractivity contribution < 1.29 is 4.79 Å². The molecular weight excluding hydrogens is 428 g/mol. The van der Waals surface area contributed by atoms with Crippen molar-refractivity contribution in [2.24, 2.45) is 16.8 Å². The Balaban J connectivity index is 1.43. The van der Waals surface area contributed by atoms with Gasteiger partial charge in [-0.2, -0.15) is 0 Å². The van der Waals surface area contributed by atoms with Gasteiger partial charge in [-0.05, 0) is 61.6 Å². The van der Waals surface area contributed by atoms with Crippen molar-refractivity contribution in [3.05, 3.63) is 46.9 Å². The van der Waals surface area contributed by atoms with Gasteiger partial charge < -0.3 is 5.32 Å². The van der Waals surface area contributed by atoms with E-state index in [1.807, 2.05) is 5.55 Å². The number of ketones is 1. The van der Waals surface area contributed by atoms with Crippen LogP contribution < -0.4 is 5.32 Å². The number of nitrogens with zero attached hydrogens (tertiary/aromatic N) is 3. The first-order valence-corrected chi connectivity index (χ1v) is 13.5. The minimum Gasteiger partial charge on any atom is -0.340 e. The SMILES string of the molecule is CC(C)CC1CCc2c(Nc3ccc(C4CCCCC4)cc3)nc(C3CN=CS3)nc2C1=O. The maximum Gasteiger partial charge on any atom is 0.184 e. The lowest BCUT2D eigenvalue weighted by molar-refractivity contribution is 0.0877. The van der Waals surface area contributed by atoms with E-state index >= 15 is 0 Å². The Labute approximate surface area is 201 Å². The van der Waals surface area contributed by atoms with Gasteiger partial charge in [0.1, 0.15) is 17.3 Å². The summed E-state index contributed by atoms with van der Waals surface area (Å²) >= 11 is 1.64. The summed E-state index contributed by atoms with van der Waals surface area (Å²) in [5.74, 6) is 2.96. The van der Waals surface area contributed by atoms with Crippen molar-refractivity contribution in [3.63, 3.8) is 0 Å². The maximum atomic E-state index is 13.4. The Bertz CT molecular complexity index is 1020. The van der Waals surface area contributed by atoms with Gasteiger partial charge in [0.05, 0.1) is 17.3 Å². The highest BCUT2D eigenvalue weighted by Gasteiger charge is 2.33. The van der Waals surface area contributed by atoms with Crippen LogP contribution in [0.5, 0.6) is 0 Å². The van der Waals surface area contributed by atoms with Crippen LogP contribution in [0.4, 0.5) is 11.5 Å². The Morgan fingerprint density at radius 1 is 1.06 bits per heavy atom. The van der Waals surface area contributed by atoms with E-state index in [1.54, 1.807) is 11.8 Å². The van der Waals surface area contributed by atoms with E-state index in [0.29, 0.717) is 24.1 Å². The highest BCUT2D eigenvalue weighted by atomic mass is 32.2. The zero-order valence-electron chi connectivity index (χ0n) is 19.7. The third-order valence-corrected chi connectivity index (χ3v) is 8.20. The first-order valence-electron chi connectivity index (χ1n) is 12.5. The highest BCUT2D eigenvalue weighted by molar-refractivity contribution is 8.12. The molecule has 5 nitrogen and oxygen atoms in total. The van der Waals surface area contributed by atoms with Gasteiger partial charge in [-0.25, -0.2) is 9.97 Å². The average Bonchev–Trinajstić information content (AvgIpc) is 3.37. The van der Waals surface area contributed by atoms with Crippen LogP contribution in [-0.4, -0.2) is 27.8 Å². The normalized spacial score (nSPS) is 23.2. The van der Waals surface area contributed by atoms with E-state index < -0.39 is 0 Å². The van der Waals surface area contributed by atoms with Gasteiger partial charge in [-0.15, -0.1) is 11.8 Å². The summed E-state index contributed by atoms with van der Waals surface area (Å²) < 4.78 is 0. The number of nitrogens with one attached hydrogen (secondary N) is 1. The summed E-state index contributed by atoms with van der Waals surface area (Å²) in [6.07, 6.45) is 9.30. The summed E-state index contributed by atoms with van der Waals surface area (Å²) in [5, 5.41) is 3.63. The molecule has 0 amide bonds. The molecule has 1 fully saturated rings. The van der Waals surface area contributed by atoms with Crippen molar-refractivity contribution in [1.29, 1.82) is 0 Å². The standard InChI is InChI=1S/C27H34N4OS/c1-17(2)14-20-10-13-22-24(25(20)32)30-27(23-15-28-16-33-23)31-26(22)29-21-11-8-19(9-12-21)18-6-4-3-5-7-18/h8-9,11-12,16-18,20,23H,3-7,10,13-15H2,1-2H3,(H,29,30,31). The molecule has 2 heterocycles. The third-order valence-electron chi connectivity index (χ3n) is 7.24. The molecule has 2 aliphatic carbocycles. The Kier molecular flexibility index (Phi) is 6.81. The van der Waals surface area contributed by atoms with Crippen molar-refractivity contribution in [1.82, 2.24) is 9.97 Å². The number of fused-ring (bicyclic) bond motifs is 1. The molecule has 1 aromatic heterocycles. The van der Waals surface area contributed by atoms with Crippen molar-refractivity contribution in [2.45, 2.75) is 76.4 Å². The number of benzene rings is 1. The largest absolute Gasteiger partial charge is 0.340 e. The number of Topliss-reactive ketones (excluding diaryl/α,β-unsaturated/α-hetero) is 1. The number of aromatic nitrogens is 2. The fourth-order valence-electron chi connectivity index (χ4n) is 5.48. The van der Waals surface area contributed by atoms with Crippen LogP contribution in [0.15, 0.2) is 29.3 Å². The number of thioether (sulfide) groups is 1. The van der Waals surface area contributed by atoms with Gasteiger partial charge >= 0.3 is 0 Å². The van der Waals surface area contributed by atoms with E-state index in [9.17, 15) is 4.79 Å². The fraction of sp³-hybridized carbons (Fsp3) is 0.556. The van der Waals surface area contributed by atoms with E-state index in [1.165, 1.54) is 37.7 Å². The summed E-state index contributed by atoms with van der Waals surface area (Å²) in [5.41, 5.74) is 5.94. The number of aliphatic imine (C=N–C) groups is 1. The molecule has 1 aliphatic heterocycles. The molecule has 3 aliphatic rings. The van der Waals surface area contributed by atoms with Gasteiger partial charge in [0.15, 0.2) is 5.78 Å². The molecule has 1 saturated carbocycles.